The summed E-state index contributed by atoms with van der Waals surface area (Å²) in [7, 11) is 1.94. The number of hydrogen-bond donors (Lipinski definition) is 2. The van der Waals surface area contributed by atoms with Crippen LogP contribution in [0.1, 0.15) is 18.1 Å². The van der Waals surface area contributed by atoms with Crippen molar-refractivity contribution in [3.63, 3.8) is 0 Å². The van der Waals surface area contributed by atoms with Gasteiger partial charge in [-0.3, -0.25) is 0 Å². The van der Waals surface area contributed by atoms with Crippen LogP contribution in [0.5, 0.6) is 0 Å². The molecule has 3 nitrogen and oxygen atoms in total. The average molecular weight is 238 g/mol. The van der Waals surface area contributed by atoms with E-state index in [-0.39, 0.29) is 12.6 Å². The first-order chi connectivity index (χ1) is 7.49. The number of aryl methyl sites for hydroxylation is 1. The number of aliphatic hydroxyl groups excluding tert-OH is 1. The van der Waals surface area contributed by atoms with Crippen molar-refractivity contribution in [2.75, 3.05) is 18.6 Å². The standard InChI is InChI=1S/C12H18N2OS/c1-8-5-4-6-10(12(13)16)11(8)14(3)9(2)7-15/h4-6,9,15H,7H2,1-3H3,(H2,13,16). The summed E-state index contributed by atoms with van der Waals surface area (Å²) >= 11 is 5.04. The van der Waals surface area contributed by atoms with E-state index in [9.17, 15) is 5.11 Å². The highest BCUT2D eigenvalue weighted by atomic mass is 32.1. The number of thiocarbonyl (C=S) groups is 1. The number of rotatable bonds is 4. The van der Waals surface area contributed by atoms with Gasteiger partial charge in [0.1, 0.15) is 4.99 Å². The van der Waals surface area contributed by atoms with Crippen LogP contribution in [0.2, 0.25) is 0 Å². The van der Waals surface area contributed by atoms with Gasteiger partial charge in [0.25, 0.3) is 0 Å². The van der Waals surface area contributed by atoms with E-state index < -0.39 is 0 Å². The molecule has 0 saturated carbocycles. The quantitative estimate of drug-likeness (QED) is 0.780. The SMILES string of the molecule is Cc1cccc(C(N)=S)c1N(C)C(C)CO. The van der Waals surface area contributed by atoms with Crippen molar-refractivity contribution in [2.24, 2.45) is 5.73 Å². The molecule has 0 radical (unpaired) electrons. The topological polar surface area (TPSA) is 49.5 Å². The third-order valence-electron chi connectivity index (χ3n) is 2.78. The second-order valence-electron chi connectivity index (χ2n) is 3.98. The fourth-order valence-electron chi connectivity index (χ4n) is 1.67. The maximum Gasteiger partial charge on any atom is 0.106 e. The Labute approximate surface area is 102 Å². The van der Waals surface area contributed by atoms with Gasteiger partial charge in [0.05, 0.1) is 6.61 Å². The van der Waals surface area contributed by atoms with Crippen LogP contribution in [-0.4, -0.2) is 29.8 Å². The maximum absolute atomic E-state index is 9.18. The van der Waals surface area contributed by atoms with Gasteiger partial charge in [-0.2, -0.15) is 0 Å². The molecule has 1 unspecified atom stereocenters. The van der Waals surface area contributed by atoms with Crippen molar-refractivity contribution in [3.8, 4) is 0 Å². The van der Waals surface area contributed by atoms with Crippen LogP contribution in [0.3, 0.4) is 0 Å². The predicted octanol–water partition coefficient (Wildman–Crippen LogP) is 1.45. The Bertz CT molecular complexity index is 393. The fraction of sp³-hybridized carbons (Fsp3) is 0.417. The minimum atomic E-state index is 0.0363. The summed E-state index contributed by atoms with van der Waals surface area (Å²) < 4.78 is 0. The monoisotopic (exact) mass is 238 g/mol. The second-order valence-corrected chi connectivity index (χ2v) is 4.42. The molecule has 1 aromatic rings. The van der Waals surface area contributed by atoms with Crippen molar-refractivity contribution in [2.45, 2.75) is 19.9 Å². The van der Waals surface area contributed by atoms with Gasteiger partial charge in [0, 0.05) is 24.3 Å². The summed E-state index contributed by atoms with van der Waals surface area (Å²) in [5.74, 6) is 0. The summed E-state index contributed by atoms with van der Waals surface area (Å²) in [5.41, 5.74) is 8.67. The normalized spacial score (nSPS) is 12.2. The van der Waals surface area contributed by atoms with Gasteiger partial charge in [-0.15, -0.1) is 0 Å². The molecule has 0 fully saturated rings. The fourth-order valence-corrected chi connectivity index (χ4v) is 1.83. The van der Waals surface area contributed by atoms with Crippen LogP contribution in [0.15, 0.2) is 18.2 Å². The van der Waals surface area contributed by atoms with Crippen molar-refractivity contribution >= 4 is 22.9 Å². The third kappa shape index (κ3) is 2.51. The van der Waals surface area contributed by atoms with Gasteiger partial charge in [-0.25, -0.2) is 0 Å². The van der Waals surface area contributed by atoms with Gasteiger partial charge < -0.3 is 15.7 Å². The highest BCUT2D eigenvalue weighted by Crippen LogP contribution is 2.25. The lowest BCUT2D eigenvalue weighted by Gasteiger charge is -2.29. The molecule has 0 aromatic heterocycles. The molecule has 0 aliphatic rings. The van der Waals surface area contributed by atoms with Gasteiger partial charge >= 0.3 is 0 Å². The third-order valence-corrected chi connectivity index (χ3v) is 3.00. The number of nitrogens with zero attached hydrogens (tertiary/aromatic N) is 1. The Kier molecular flexibility index (Phi) is 4.26. The van der Waals surface area contributed by atoms with E-state index in [1.807, 2.05) is 44.0 Å². The van der Waals surface area contributed by atoms with Crippen molar-refractivity contribution in [1.29, 1.82) is 0 Å². The molecular weight excluding hydrogens is 220 g/mol. The summed E-state index contributed by atoms with van der Waals surface area (Å²) in [4.78, 5) is 2.39. The Morgan fingerprint density at radius 2 is 2.19 bits per heavy atom. The molecule has 0 amide bonds. The lowest BCUT2D eigenvalue weighted by molar-refractivity contribution is 0.270. The number of para-hydroxylation sites is 1. The molecule has 88 valence electrons. The smallest absolute Gasteiger partial charge is 0.106 e. The van der Waals surface area contributed by atoms with Crippen LogP contribution in [0.4, 0.5) is 5.69 Å². The molecule has 1 atom stereocenters. The van der Waals surface area contributed by atoms with Crippen molar-refractivity contribution < 1.29 is 5.11 Å². The summed E-state index contributed by atoms with van der Waals surface area (Å²) in [6.07, 6.45) is 0. The molecule has 0 heterocycles. The van der Waals surface area contributed by atoms with E-state index >= 15 is 0 Å². The molecule has 0 aliphatic carbocycles. The van der Waals surface area contributed by atoms with E-state index in [0.29, 0.717) is 4.99 Å². The molecule has 3 N–H and O–H groups in total. The minimum absolute atomic E-state index is 0.0363. The molecule has 0 aliphatic heterocycles. The molecule has 0 spiro atoms. The van der Waals surface area contributed by atoms with E-state index in [4.69, 9.17) is 18.0 Å². The first-order valence-electron chi connectivity index (χ1n) is 5.22. The zero-order valence-corrected chi connectivity index (χ0v) is 10.7. The zero-order valence-electron chi connectivity index (χ0n) is 9.90. The number of benzene rings is 1. The van der Waals surface area contributed by atoms with Gasteiger partial charge in [-0.05, 0) is 25.5 Å². The van der Waals surface area contributed by atoms with Crippen LogP contribution in [0, 0.1) is 6.92 Å². The molecule has 1 rings (SSSR count). The van der Waals surface area contributed by atoms with Crippen LogP contribution >= 0.6 is 12.2 Å². The molecule has 16 heavy (non-hydrogen) atoms. The van der Waals surface area contributed by atoms with Crippen molar-refractivity contribution in [3.05, 3.63) is 29.3 Å². The van der Waals surface area contributed by atoms with Gasteiger partial charge in [-0.1, -0.05) is 24.4 Å². The van der Waals surface area contributed by atoms with Gasteiger partial charge in [0.2, 0.25) is 0 Å². The van der Waals surface area contributed by atoms with Crippen LogP contribution in [0.25, 0.3) is 0 Å². The number of hydrogen-bond acceptors (Lipinski definition) is 3. The number of nitrogens with two attached hydrogens (primary N) is 1. The van der Waals surface area contributed by atoms with Crippen LogP contribution < -0.4 is 10.6 Å². The summed E-state index contributed by atoms with van der Waals surface area (Å²) in [6.45, 7) is 4.06. The molecule has 0 saturated heterocycles. The Balaban J connectivity index is 3.24. The number of aliphatic hydroxyl groups is 1. The molecule has 4 heteroatoms. The maximum atomic E-state index is 9.18. The highest BCUT2D eigenvalue weighted by Gasteiger charge is 2.16. The molecule has 0 bridgehead atoms. The highest BCUT2D eigenvalue weighted by molar-refractivity contribution is 7.80. The van der Waals surface area contributed by atoms with E-state index in [1.54, 1.807) is 0 Å². The first kappa shape index (κ1) is 12.9. The van der Waals surface area contributed by atoms with Crippen LogP contribution in [-0.2, 0) is 0 Å². The zero-order chi connectivity index (χ0) is 12.3. The molecular formula is C12H18N2OS. The van der Waals surface area contributed by atoms with E-state index in [1.165, 1.54) is 0 Å². The largest absolute Gasteiger partial charge is 0.394 e. The Hall–Kier alpha value is -1.13. The number of anilines is 1. The van der Waals surface area contributed by atoms with Gasteiger partial charge in [0.15, 0.2) is 0 Å². The average Bonchev–Trinajstić information content (AvgIpc) is 2.26. The predicted molar refractivity (Wildman–Crippen MR) is 72.0 cm³/mol. The lowest BCUT2D eigenvalue weighted by Crippen LogP contribution is -2.34. The van der Waals surface area contributed by atoms with E-state index in [0.717, 1.165) is 16.8 Å². The second kappa shape index (κ2) is 5.27. The first-order valence-corrected chi connectivity index (χ1v) is 5.63. The summed E-state index contributed by atoms with van der Waals surface area (Å²) in [5, 5.41) is 9.18. The lowest BCUT2D eigenvalue weighted by atomic mass is 10.1. The minimum Gasteiger partial charge on any atom is -0.394 e. The Morgan fingerprint density at radius 3 is 2.69 bits per heavy atom. The Morgan fingerprint density at radius 1 is 1.56 bits per heavy atom. The molecule has 1 aromatic carbocycles. The summed E-state index contributed by atoms with van der Waals surface area (Å²) in [6, 6.07) is 5.89. The van der Waals surface area contributed by atoms with Crippen molar-refractivity contribution in [1.82, 2.24) is 0 Å². The number of likely N-dealkylation sites (N-methyl/N-ethyl adjacent to an activating group) is 1. The van der Waals surface area contributed by atoms with E-state index in [2.05, 4.69) is 0 Å².